The van der Waals surface area contributed by atoms with E-state index >= 15 is 0 Å². The number of nitrogens with zero attached hydrogens (tertiary/aromatic N) is 2. The molecule has 0 aliphatic rings. The minimum Gasteiger partial charge on any atom is -0.265 e. The van der Waals surface area contributed by atoms with E-state index in [1.807, 2.05) is 0 Å². The molecule has 0 aromatic rings. The molecule has 0 bridgehead atoms. The Balaban J connectivity index is 0. The third-order valence-electron chi connectivity index (χ3n) is 0. The van der Waals surface area contributed by atoms with Crippen molar-refractivity contribution in [2.45, 2.75) is 0 Å². The first kappa shape index (κ1) is 6.80. The predicted molar refractivity (Wildman–Crippen MR) is 25.8 cm³/mol. The second-order valence-corrected chi connectivity index (χ2v) is 0.772. The van der Waals surface area contributed by atoms with Crippen LogP contribution in [0.1, 0.15) is 1.37 Å². The summed E-state index contributed by atoms with van der Waals surface area (Å²) in [7, 11) is 0.167. The van der Waals surface area contributed by atoms with Gasteiger partial charge in [-0.25, -0.2) is 0 Å². The molecule has 6 heteroatoms. The highest BCUT2D eigenvalue weighted by molar-refractivity contribution is 3.91. The van der Waals surface area contributed by atoms with Gasteiger partial charge in [-0.1, -0.05) is 0 Å². The minimum absolute atomic E-state index is 0.500. The average Bonchev–Trinajstić information content (AvgIpc) is 1.65. The minimum atomic E-state index is -0.722. The van der Waals surface area contributed by atoms with Crippen LogP contribution in [0.25, 0.3) is 0 Å². The summed E-state index contributed by atoms with van der Waals surface area (Å²) in [6.07, 6.45) is 0. The second-order valence-electron chi connectivity index (χ2n) is 0.772. The standard InChI is InChI=1S/2CH3NO2/c2*1-2(3)4/h2*1H3/i1D;. The van der Waals surface area contributed by atoms with E-state index < -0.39 is 16.9 Å². The third-order valence-corrected chi connectivity index (χ3v) is 0. The van der Waals surface area contributed by atoms with E-state index in [1.54, 1.807) is 0 Å². The molecule has 0 aliphatic heterocycles. The molecule has 0 radical (unpaired) electrons. The molecule has 0 saturated heterocycles. The highest BCUT2D eigenvalue weighted by Crippen LogP contribution is 1.40. The summed E-state index contributed by atoms with van der Waals surface area (Å²) >= 11 is 0. The van der Waals surface area contributed by atoms with Crippen molar-refractivity contribution in [2.75, 3.05) is 14.1 Å². The highest BCUT2D eigenvalue weighted by Gasteiger charge is 1.57. The van der Waals surface area contributed by atoms with Gasteiger partial charge in [0.25, 0.3) is 0 Å². The van der Waals surface area contributed by atoms with Crippen molar-refractivity contribution in [2.24, 2.45) is 0 Å². The molecular formula is C2H6N2O4. The van der Waals surface area contributed by atoms with E-state index in [-0.39, 0.29) is 0 Å². The van der Waals surface area contributed by atoms with Gasteiger partial charge >= 0.3 is 0 Å². The van der Waals surface area contributed by atoms with Crippen LogP contribution >= 0.6 is 0 Å². The number of hydrogen-bond donors (Lipinski definition) is 0. The maximum atomic E-state index is 8.99. The molecule has 0 N–H and O–H groups in total. The van der Waals surface area contributed by atoms with Crippen molar-refractivity contribution >= 4 is 0 Å². The lowest BCUT2D eigenvalue weighted by Crippen LogP contribution is -1.79. The Hall–Kier alpha value is -1.20. The van der Waals surface area contributed by atoms with E-state index in [2.05, 4.69) is 0 Å². The maximum absolute atomic E-state index is 8.99. The van der Waals surface area contributed by atoms with E-state index in [1.165, 1.54) is 0 Å². The summed E-state index contributed by atoms with van der Waals surface area (Å²) in [6.45, 7) is 0. The molecule has 0 fully saturated rings. The smallest absolute Gasteiger partial charge is 0.194 e. The van der Waals surface area contributed by atoms with E-state index in [4.69, 9.17) is 21.6 Å². The summed E-state index contributed by atoms with van der Waals surface area (Å²) in [5.74, 6) is 0. The molecule has 8 heavy (non-hydrogen) atoms. The summed E-state index contributed by atoms with van der Waals surface area (Å²) in [4.78, 5) is 16.6. The Labute approximate surface area is 46.8 Å². The van der Waals surface area contributed by atoms with Crippen LogP contribution in [-0.4, -0.2) is 23.9 Å². The van der Waals surface area contributed by atoms with E-state index in [0.29, 0.717) is 0 Å². The Bertz CT molecular complexity index is 101. The maximum Gasteiger partial charge on any atom is 0.194 e. The Kier molecular flexibility index (Phi) is 4.93. The zero-order chi connectivity index (χ0) is 7.86. The average molecular weight is 123 g/mol. The third kappa shape index (κ3) is 48.1. The molecule has 0 aromatic carbocycles. The van der Waals surface area contributed by atoms with Crippen molar-refractivity contribution in [3.05, 3.63) is 20.2 Å². The van der Waals surface area contributed by atoms with E-state index in [0.717, 1.165) is 7.05 Å². The van der Waals surface area contributed by atoms with Crippen LogP contribution in [0.3, 0.4) is 0 Å². The van der Waals surface area contributed by atoms with Gasteiger partial charge in [0.1, 0.15) is 1.37 Å². The Morgan fingerprint density at radius 3 is 1.50 bits per heavy atom. The van der Waals surface area contributed by atoms with Crippen molar-refractivity contribution < 1.29 is 11.2 Å². The van der Waals surface area contributed by atoms with Crippen LogP contribution in [0, 0.1) is 20.2 Å². The molecule has 0 aliphatic carbocycles. The summed E-state index contributed by atoms with van der Waals surface area (Å²) in [6, 6.07) is 0. The normalized spacial score (nSPS) is 7.88. The molecule has 0 rings (SSSR count). The number of nitro groups is 2. The first-order valence-electron chi connectivity index (χ1n) is 2.20. The summed E-state index contributed by atoms with van der Waals surface area (Å²) < 4.78 is 5.96. The molecular weight excluding hydrogens is 116 g/mol. The SMILES string of the molecule is C[N+](=O)[O-].[2H]C[N+](=O)[O-]. The second kappa shape index (κ2) is 5.80. The Morgan fingerprint density at radius 1 is 1.38 bits per heavy atom. The molecule has 0 saturated carbocycles. The van der Waals surface area contributed by atoms with Gasteiger partial charge in [-0.05, 0) is 0 Å². The number of rotatable bonds is 0. The summed E-state index contributed by atoms with van der Waals surface area (Å²) in [5.41, 5.74) is 0. The Morgan fingerprint density at radius 2 is 1.50 bits per heavy atom. The first-order chi connectivity index (χ1) is 4.00. The highest BCUT2D eigenvalue weighted by atomic mass is 16.6. The fourth-order valence-electron chi connectivity index (χ4n) is 0. The largest absolute Gasteiger partial charge is 0.265 e. The molecule has 0 amide bonds. The summed E-state index contributed by atoms with van der Waals surface area (Å²) in [5, 5.41) is 17.8. The molecule has 48 valence electrons. The van der Waals surface area contributed by atoms with Crippen molar-refractivity contribution in [3.8, 4) is 0 Å². The molecule has 0 spiro atoms. The van der Waals surface area contributed by atoms with Gasteiger partial charge in [-0.15, -0.1) is 0 Å². The number of hydrogen-bond acceptors (Lipinski definition) is 4. The van der Waals surface area contributed by atoms with Gasteiger partial charge in [-0.2, -0.15) is 0 Å². The van der Waals surface area contributed by atoms with E-state index in [9.17, 15) is 0 Å². The lowest BCUT2D eigenvalue weighted by molar-refractivity contribution is -0.445. The molecule has 0 atom stereocenters. The van der Waals surface area contributed by atoms with Crippen LogP contribution in [0.15, 0.2) is 0 Å². The van der Waals surface area contributed by atoms with Crippen molar-refractivity contribution in [1.82, 2.24) is 0 Å². The van der Waals surface area contributed by atoms with Crippen LogP contribution in [0.5, 0.6) is 0 Å². The van der Waals surface area contributed by atoms with Crippen molar-refractivity contribution in [3.63, 3.8) is 0 Å². The first-order valence-corrected chi connectivity index (χ1v) is 1.49. The van der Waals surface area contributed by atoms with Crippen LogP contribution in [0.4, 0.5) is 0 Å². The van der Waals surface area contributed by atoms with Gasteiger partial charge in [0, 0.05) is 9.85 Å². The van der Waals surface area contributed by atoms with Gasteiger partial charge < -0.3 is 0 Å². The van der Waals surface area contributed by atoms with Gasteiger partial charge in [-0.3, -0.25) is 20.2 Å². The van der Waals surface area contributed by atoms with Crippen molar-refractivity contribution in [1.29, 1.82) is 0 Å². The molecule has 6 nitrogen and oxygen atoms in total. The molecule has 0 unspecified atom stereocenters. The predicted octanol–water partition coefficient (Wildman–Crippen LogP) is -0.214. The zero-order valence-electron chi connectivity index (χ0n) is 5.23. The topological polar surface area (TPSA) is 86.3 Å². The quantitative estimate of drug-likeness (QED) is 0.329. The van der Waals surface area contributed by atoms with Crippen LogP contribution < -0.4 is 0 Å². The zero-order valence-corrected chi connectivity index (χ0v) is 4.23. The van der Waals surface area contributed by atoms with Gasteiger partial charge in [0.15, 0.2) is 14.1 Å². The molecule has 0 heterocycles. The fourth-order valence-corrected chi connectivity index (χ4v) is 0. The van der Waals surface area contributed by atoms with Gasteiger partial charge in [0.2, 0.25) is 0 Å². The monoisotopic (exact) mass is 123 g/mol. The molecule has 0 aromatic heterocycles. The van der Waals surface area contributed by atoms with Gasteiger partial charge in [0.05, 0.1) is 0 Å². The van der Waals surface area contributed by atoms with Crippen LogP contribution in [-0.2, 0) is 0 Å². The lowest BCUT2D eigenvalue weighted by Gasteiger charge is -1.63. The lowest BCUT2D eigenvalue weighted by atomic mass is 11.5. The van der Waals surface area contributed by atoms with Crippen LogP contribution in [0.2, 0.25) is 0 Å². The fraction of sp³-hybridized carbons (Fsp3) is 1.00.